The molecule has 1 heterocycles. The number of allylic oxidation sites excluding steroid dienone is 1. The van der Waals surface area contributed by atoms with E-state index >= 15 is 0 Å². The second kappa shape index (κ2) is 5.76. The van der Waals surface area contributed by atoms with E-state index in [1.807, 2.05) is 43.3 Å². The summed E-state index contributed by atoms with van der Waals surface area (Å²) in [6.45, 7) is 6.09. The molecule has 21 heavy (non-hydrogen) atoms. The average molecular weight is 271 g/mol. The molecule has 0 aliphatic heterocycles. The van der Waals surface area contributed by atoms with Gasteiger partial charge in [-0.1, -0.05) is 72.8 Å². The molecule has 102 valence electrons. The third-order valence-corrected chi connectivity index (χ3v) is 3.46. The number of hydrogen-bond donors (Lipinski definition) is 0. The van der Waals surface area contributed by atoms with Crippen molar-refractivity contribution in [3.05, 3.63) is 84.9 Å². The lowest BCUT2D eigenvalue weighted by Gasteiger charge is -2.09. The zero-order valence-electron chi connectivity index (χ0n) is 12.1. The maximum atomic E-state index is 4.82. The van der Waals surface area contributed by atoms with Gasteiger partial charge in [0.2, 0.25) is 0 Å². The molecule has 0 fully saturated rings. The molecule has 0 aliphatic rings. The largest absolute Gasteiger partial charge is 0.248 e. The summed E-state index contributed by atoms with van der Waals surface area (Å²) in [5.41, 5.74) is 6.38. The molecule has 0 amide bonds. The summed E-state index contributed by atoms with van der Waals surface area (Å²) < 4.78 is 0. The molecule has 1 heteroatoms. The molecule has 0 aliphatic carbocycles. The first-order chi connectivity index (χ1) is 10.2. The van der Waals surface area contributed by atoms with E-state index in [9.17, 15) is 0 Å². The van der Waals surface area contributed by atoms with Crippen molar-refractivity contribution < 1.29 is 0 Å². The van der Waals surface area contributed by atoms with Crippen LogP contribution in [0.15, 0.2) is 79.4 Å². The molecule has 0 N–H and O–H groups in total. The molecule has 2 aromatic carbocycles. The normalized spacial score (nSPS) is 10.3. The van der Waals surface area contributed by atoms with Crippen LogP contribution in [-0.4, -0.2) is 4.98 Å². The molecule has 0 radical (unpaired) electrons. The molecule has 0 unspecified atom stereocenters. The Balaban J connectivity index is 2.18. The van der Waals surface area contributed by atoms with Gasteiger partial charge < -0.3 is 0 Å². The average Bonchev–Trinajstić information content (AvgIpc) is 2.56. The van der Waals surface area contributed by atoms with Crippen molar-refractivity contribution in [2.24, 2.45) is 0 Å². The minimum atomic E-state index is 0.981. The highest BCUT2D eigenvalue weighted by Gasteiger charge is 2.07. The molecule has 3 aromatic rings. The van der Waals surface area contributed by atoms with E-state index in [1.54, 1.807) is 0 Å². The Morgan fingerprint density at radius 1 is 0.762 bits per heavy atom. The van der Waals surface area contributed by atoms with Crippen molar-refractivity contribution in [3.63, 3.8) is 0 Å². The van der Waals surface area contributed by atoms with Crippen LogP contribution in [0.25, 0.3) is 28.1 Å². The molecule has 0 saturated carbocycles. The summed E-state index contributed by atoms with van der Waals surface area (Å²) in [5, 5.41) is 0. The van der Waals surface area contributed by atoms with Crippen molar-refractivity contribution in [1.82, 2.24) is 4.98 Å². The Labute approximate surface area is 125 Å². The van der Waals surface area contributed by atoms with Crippen LogP contribution in [-0.2, 0) is 0 Å². The van der Waals surface area contributed by atoms with Crippen molar-refractivity contribution in [3.8, 4) is 22.5 Å². The Hall–Kier alpha value is -2.67. The summed E-state index contributed by atoms with van der Waals surface area (Å²) in [6.07, 6.45) is 0. The highest BCUT2D eigenvalue weighted by Crippen LogP contribution is 2.27. The second-order valence-electron chi connectivity index (χ2n) is 5.14. The topological polar surface area (TPSA) is 12.9 Å². The number of nitrogens with zero attached hydrogens (tertiary/aromatic N) is 1. The van der Waals surface area contributed by atoms with Gasteiger partial charge in [-0.05, 0) is 24.6 Å². The Bertz CT molecular complexity index is 701. The Morgan fingerprint density at radius 3 is 1.57 bits per heavy atom. The van der Waals surface area contributed by atoms with E-state index in [0.717, 1.165) is 33.7 Å². The highest BCUT2D eigenvalue weighted by atomic mass is 14.7. The van der Waals surface area contributed by atoms with Crippen LogP contribution in [0.4, 0.5) is 0 Å². The predicted octanol–water partition coefficient (Wildman–Crippen LogP) is 5.45. The lowest BCUT2D eigenvalue weighted by Crippen LogP contribution is -1.91. The summed E-state index contributed by atoms with van der Waals surface area (Å²) >= 11 is 0. The fourth-order valence-corrected chi connectivity index (χ4v) is 2.29. The Kier molecular flexibility index (Phi) is 3.65. The Morgan fingerprint density at radius 2 is 1.19 bits per heavy atom. The van der Waals surface area contributed by atoms with E-state index in [0.29, 0.717) is 0 Å². The molecule has 0 bridgehead atoms. The van der Waals surface area contributed by atoms with Crippen LogP contribution in [0.2, 0.25) is 0 Å². The zero-order valence-corrected chi connectivity index (χ0v) is 12.1. The molecular weight excluding hydrogens is 254 g/mol. The van der Waals surface area contributed by atoms with Gasteiger partial charge in [-0.15, -0.1) is 0 Å². The maximum absolute atomic E-state index is 4.82. The lowest BCUT2D eigenvalue weighted by molar-refractivity contribution is 1.31. The molecule has 0 atom stereocenters. The summed E-state index contributed by atoms with van der Waals surface area (Å²) in [6, 6.07) is 24.7. The first kappa shape index (κ1) is 13.3. The van der Waals surface area contributed by atoms with Crippen LogP contribution in [0.5, 0.6) is 0 Å². The first-order valence-electron chi connectivity index (χ1n) is 7.03. The van der Waals surface area contributed by atoms with Crippen molar-refractivity contribution in [1.29, 1.82) is 0 Å². The van der Waals surface area contributed by atoms with Crippen LogP contribution >= 0.6 is 0 Å². The van der Waals surface area contributed by atoms with Gasteiger partial charge in [0.1, 0.15) is 0 Å². The molecule has 1 nitrogen and oxygen atoms in total. The van der Waals surface area contributed by atoms with Gasteiger partial charge in [-0.25, -0.2) is 4.98 Å². The summed E-state index contributed by atoms with van der Waals surface area (Å²) in [7, 11) is 0. The van der Waals surface area contributed by atoms with E-state index in [2.05, 4.69) is 43.0 Å². The number of benzene rings is 2. The van der Waals surface area contributed by atoms with Gasteiger partial charge >= 0.3 is 0 Å². The summed E-state index contributed by atoms with van der Waals surface area (Å²) in [5.74, 6) is 0. The van der Waals surface area contributed by atoms with Crippen LogP contribution in [0, 0.1) is 0 Å². The highest BCUT2D eigenvalue weighted by molar-refractivity contribution is 5.74. The molecule has 0 saturated heterocycles. The maximum Gasteiger partial charge on any atom is 0.0715 e. The van der Waals surface area contributed by atoms with Crippen LogP contribution in [0.3, 0.4) is 0 Å². The van der Waals surface area contributed by atoms with Gasteiger partial charge in [0.05, 0.1) is 11.4 Å². The fraction of sp³-hybridized carbons (Fsp3) is 0.0500. The molecule has 3 rings (SSSR count). The SMILES string of the molecule is C=C(C)c1cc(-c2ccccc2)nc(-c2ccccc2)c1. The third-order valence-electron chi connectivity index (χ3n) is 3.46. The third kappa shape index (κ3) is 2.92. The van der Waals surface area contributed by atoms with E-state index in [1.165, 1.54) is 0 Å². The number of rotatable bonds is 3. The van der Waals surface area contributed by atoms with E-state index < -0.39 is 0 Å². The van der Waals surface area contributed by atoms with Crippen molar-refractivity contribution >= 4 is 5.57 Å². The minimum absolute atomic E-state index is 0.981. The molecule has 0 spiro atoms. The van der Waals surface area contributed by atoms with Crippen molar-refractivity contribution in [2.75, 3.05) is 0 Å². The number of aromatic nitrogens is 1. The second-order valence-corrected chi connectivity index (χ2v) is 5.14. The first-order valence-corrected chi connectivity index (χ1v) is 7.03. The monoisotopic (exact) mass is 271 g/mol. The molecular formula is C20H17N. The predicted molar refractivity (Wildman–Crippen MR) is 89.8 cm³/mol. The van der Waals surface area contributed by atoms with Gasteiger partial charge in [-0.3, -0.25) is 0 Å². The smallest absolute Gasteiger partial charge is 0.0715 e. The van der Waals surface area contributed by atoms with Gasteiger partial charge in [-0.2, -0.15) is 0 Å². The van der Waals surface area contributed by atoms with Gasteiger partial charge in [0.25, 0.3) is 0 Å². The van der Waals surface area contributed by atoms with Crippen molar-refractivity contribution in [2.45, 2.75) is 6.92 Å². The van der Waals surface area contributed by atoms with Crippen LogP contribution in [0.1, 0.15) is 12.5 Å². The lowest BCUT2D eigenvalue weighted by atomic mass is 10.0. The quantitative estimate of drug-likeness (QED) is 0.617. The fourth-order valence-electron chi connectivity index (χ4n) is 2.29. The van der Waals surface area contributed by atoms with E-state index in [-0.39, 0.29) is 0 Å². The van der Waals surface area contributed by atoms with Crippen LogP contribution < -0.4 is 0 Å². The zero-order chi connectivity index (χ0) is 14.7. The summed E-state index contributed by atoms with van der Waals surface area (Å²) in [4.78, 5) is 4.82. The minimum Gasteiger partial charge on any atom is -0.248 e. The van der Waals surface area contributed by atoms with Gasteiger partial charge in [0.15, 0.2) is 0 Å². The standard InChI is InChI=1S/C20H17N/c1-15(2)18-13-19(16-9-5-3-6-10-16)21-20(14-18)17-11-7-4-8-12-17/h3-14H,1H2,2H3. The van der Waals surface area contributed by atoms with Gasteiger partial charge in [0, 0.05) is 11.1 Å². The molecule has 1 aromatic heterocycles. The number of hydrogen-bond acceptors (Lipinski definition) is 1. The van der Waals surface area contributed by atoms with E-state index in [4.69, 9.17) is 4.98 Å². The number of pyridine rings is 1.